The summed E-state index contributed by atoms with van der Waals surface area (Å²) in [6, 6.07) is 1.38. The van der Waals surface area contributed by atoms with E-state index in [2.05, 4.69) is 4.74 Å². The van der Waals surface area contributed by atoms with Gasteiger partial charge in [0.15, 0.2) is 0 Å². The molecule has 5 nitrogen and oxygen atoms in total. The van der Waals surface area contributed by atoms with Crippen LogP contribution in [0.3, 0.4) is 0 Å². The molecule has 0 saturated heterocycles. The molecular formula is C11H14O5. The van der Waals surface area contributed by atoms with E-state index in [-0.39, 0.29) is 11.3 Å². The quantitative estimate of drug-likeness (QED) is 0.722. The third-order valence-electron chi connectivity index (χ3n) is 1.65. The van der Waals surface area contributed by atoms with Gasteiger partial charge in [-0.2, -0.15) is 0 Å². The number of hydrogen-bond acceptors (Lipinski definition) is 5. The molecule has 0 saturated carbocycles. The van der Waals surface area contributed by atoms with Gasteiger partial charge in [-0.15, -0.1) is 0 Å². The Balaban J connectivity index is 2.93. The van der Waals surface area contributed by atoms with Gasteiger partial charge in [0.05, 0.1) is 13.4 Å². The van der Waals surface area contributed by atoms with Gasteiger partial charge in [-0.1, -0.05) is 0 Å². The molecule has 1 aromatic rings. The first-order valence-corrected chi connectivity index (χ1v) is 4.74. The van der Waals surface area contributed by atoms with Gasteiger partial charge in [0.25, 0.3) is 0 Å². The zero-order valence-electron chi connectivity index (χ0n) is 9.70. The number of hydrogen-bond donors (Lipinski definition) is 0. The van der Waals surface area contributed by atoms with Gasteiger partial charge < -0.3 is 13.9 Å². The summed E-state index contributed by atoms with van der Waals surface area (Å²) in [6.07, 6.45) is 1.24. The number of carbonyl (C=O) groups excluding carboxylic acids is 2. The molecule has 0 amide bonds. The summed E-state index contributed by atoms with van der Waals surface area (Å²) in [5.41, 5.74) is -0.552. The van der Waals surface area contributed by atoms with Crippen LogP contribution in [0.5, 0.6) is 0 Å². The molecule has 5 heteroatoms. The van der Waals surface area contributed by atoms with Gasteiger partial charge >= 0.3 is 11.9 Å². The Bertz CT molecular complexity index is 397. The third-order valence-corrected chi connectivity index (χ3v) is 1.65. The molecule has 0 fully saturated rings. The van der Waals surface area contributed by atoms with Crippen LogP contribution in [0.1, 0.15) is 41.7 Å². The van der Waals surface area contributed by atoms with Gasteiger partial charge in [-0.3, -0.25) is 0 Å². The predicted molar refractivity (Wildman–Crippen MR) is 55.2 cm³/mol. The SMILES string of the molecule is COC(=O)c1occc1C(=O)OC(C)(C)C. The zero-order chi connectivity index (χ0) is 12.3. The van der Waals surface area contributed by atoms with Gasteiger partial charge in [-0.25, -0.2) is 9.59 Å². The lowest BCUT2D eigenvalue weighted by atomic mass is 10.2. The van der Waals surface area contributed by atoms with Gasteiger partial charge in [0, 0.05) is 0 Å². The second kappa shape index (κ2) is 4.38. The zero-order valence-corrected chi connectivity index (χ0v) is 9.70. The van der Waals surface area contributed by atoms with Crippen LogP contribution < -0.4 is 0 Å². The van der Waals surface area contributed by atoms with Crippen molar-refractivity contribution in [3.05, 3.63) is 23.7 Å². The Morgan fingerprint density at radius 1 is 1.25 bits per heavy atom. The van der Waals surface area contributed by atoms with E-state index in [9.17, 15) is 9.59 Å². The largest absolute Gasteiger partial charge is 0.463 e. The van der Waals surface area contributed by atoms with Crippen LogP contribution in [0.15, 0.2) is 16.7 Å². The van der Waals surface area contributed by atoms with E-state index >= 15 is 0 Å². The highest BCUT2D eigenvalue weighted by Crippen LogP contribution is 2.17. The van der Waals surface area contributed by atoms with Crippen molar-refractivity contribution in [2.75, 3.05) is 7.11 Å². The van der Waals surface area contributed by atoms with E-state index in [4.69, 9.17) is 9.15 Å². The van der Waals surface area contributed by atoms with Crippen LogP contribution in [-0.4, -0.2) is 24.6 Å². The average molecular weight is 226 g/mol. The molecule has 0 radical (unpaired) electrons. The van der Waals surface area contributed by atoms with Crippen molar-refractivity contribution in [3.63, 3.8) is 0 Å². The standard InChI is InChI=1S/C11H14O5/c1-11(2,3)16-9(12)7-5-6-15-8(7)10(13)14-4/h5-6H,1-4H3. The van der Waals surface area contributed by atoms with Crippen LogP contribution in [0.2, 0.25) is 0 Å². The van der Waals surface area contributed by atoms with Crippen molar-refractivity contribution in [2.45, 2.75) is 26.4 Å². The molecule has 88 valence electrons. The minimum Gasteiger partial charge on any atom is -0.463 e. The molecule has 1 heterocycles. The van der Waals surface area contributed by atoms with Crippen LogP contribution in [0, 0.1) is 0 Å². The molecule has 0 unspecified atom stereocenters. The lowest BCUT2D eigenvalue weighted by Crippen LogP contribution is -2.24. The summed E-state index contributed by atoms with van der Waals surface area (Å²) in [6.45, 7) is 5.22. The minimum absolute atomic E-state index is 0.0711. The fraction of sp³-hybridized carbons (Fsp3) is 0.455. The van der Waals surface area contributed by atoms with Crippen molar-refractivity contribution < 1.29 is 23.5 Å². The predicted octanol–water partition coefficient (Wildman–Crippen LogP) is 2.02. The molecule has 0 bridgehead atoms. The van der Waals surface area contributed by atoms with Crippen molar-refractivity contribution in [3.8, 4) is 0 Å². The van der Waals surface area contributed by atoms with Gasteiger partial charge in [0.1, 0.15) is 11.2 Å². The topological polar surface area (TPSA) is 65.7 Å². The first-order chi connectivity index (χ1) is 7.35. The first-order valence-electron chi connectivity index (χ1n) is 4.74. The highest BCUT2D eigenvalue weighted by Gasteiger charge is 2.25. The molecule has 0 aliphatic rings. The number of esters is 2. The van der Waals surface area contributed by atoms with E-state index in [1.54, 1.807) is 20.8 Å². The lowest BCUT2D eigenvalue weighted by Gasteiger charge is -2.19. The molecule has 0 N–H and O–H groups in total. The highest BCUT2D eigenvalue weighted by molar-refractivity contribution is 6.01. The number of ether oxygens (including phenoxy) is 2. The fourth-order valence-corrected chi connectivity index (χ4v) is 1.05. The van der Waals surface area contributed by atoms with Crippen molar-refractivity contribution in [1.29, 1.82) is 0 Å². The highest BCUT2D eigenvalue weighted by atomic mass is 16.6. The summed E-state index contributed by atoms with van der Waals surface area (Å²) in [5, 5.41) is 0. The number of methoxy groups -OCH3 is 1. The van der Waals surface area contributed by atoms with Crippen LogP contribution >= 0.6 is 0 Å². The van der Waals surface area contributed by atoms with Crippen molar-refractivity contribution in [1.82, 2.24) is 0 Å². The summed E-state index contributed by atoms with van der Waals surface area (Å²) in [7, 11) is 1.21. The monoisotopic (exact) mass is 226 g/mol. The van der Waals surface area contributed by atoms with Crippen LogP contribution in [0.25, 0.3) is 0 Å². The number of furan rings is 1. The molecule has 1 rings (SSSR count). The van der Waals surface area contributed by atoms with E-state index in [1.807, 2.05) is 0 Å². The maximum absolute atomic E-state index is 11.7. The Labute approximate surface area is 93.3 Å². The number of rotatable bonds is 2. The fourth-order valence-electron chi connectivity index (χ4n) is 1.05. The normalized spacial score (nSPS) is 11.0. The van der Waals surface area contributed by atoms with Gasteiger partial charge in [-0.05, 0) is 26.8 Å². The molecule has 1 aromatic heterocycles. The Morgan fingerprint density at radius 2 is 1.88 bits per heavy atom. The smallest absolute Gasteiger partial charge is 0.374 e. The van der Waals surface area contributed by atoms with Crippen molar-refractivity contribution >= 4 is 11.9 Å². The van der Waals surface area contributed by atoms with Crippen LogP contribution in [-0.2, 0) is 9.47 Å². The molecule has 0 aromatic carbocycles. The van der Waals surface area contributed by atoms with E-state index in [0.29, 0.717) is 0 Å². The number of carbonyl (C=O) groups is 2. The third kappa shape index (κ3) is 2.85. The molecule has 0 aliphatic heterocycles. The maximum atomic E-state index is 11.7. The summed E-state index contributed by atoms with van der Waals surface area (Å²) < 4.78 is 14.5. The second-order valence-electron chi connectivity index (χ2n) is 4.16. The first kappa shape index (κ1) is 12.3. The maximum Gasteiger partial charge on any atom is 0.374 e. The molecular weight excluding hydrogens is 212 g/mol. The summed E-state index contributed by atoms with van der Waals surface area (Å²) in [4.78, 5) is 22.9. The summed E-state index contributed by atoms with van der Waals surface area (Å²) >= 11 is 0. The Morgan fingerprint density at radius 3 is 2.38 bits per heavy atom. The molecule has 0 atom stereocenters. The van der Waals surface area contributed by atoms with E-state index in [0.717, 1.165) is 0 Å². The van der Waals surface area contributed by atoms with Gasteiger partial charge in [0.2, 0.25) is 5.76 Å². The molecule has 0 aliphatic carbocycles. The van der Waals surface area contributed by atoms with E-state index in [1.165, 1.54) is 19.4 Å². The molecule has 16 heavy (non-hydrogen) atoms. The summed E-state index contributed by atoms with van der Waals surface area (Å²) in [5.74, 6) is -1.45. The van der Waals surface area contributed by atoms with Crippen LogP contribution in [0.4, 0.5) is 0 Å². The Hall–Kier alpha value is -1.78. The minimum atomic E-state index is -0.703. The van der Waals surface area contributed by atoms with E-state index < -0.39 is 17.5 Å². The second-order valence-corrected chi connectivity index (χ2v) is 4.16. The Kier molecular flexibility index (Phi) is 3.37. The molecule has 0 spiro atoms. The van der Waals surface area contributed by atoms with Crippen molar-refractivity contribution in [2.24, 2.45) is 0 Å². The average Bonchev–Trinajstić information content (AvgIpc) is 2.62. The lowest BCUT2D eigenvalue weighted by molar-refractivity contribution is 0.00633.